The van der Waals surface area contributed by atoms with Gasteiger partial charge in [0.2, 0.25) is 17.8 Å². The molecule has 0 bridgehead atoms. The van der Waals surface area contributed by atoms with E-state index in [4.69, 9.17) is 19.9 Å². The monoisotopic (exact) mass is 1200 g/mol. The molecule has 4 N–H and O–H groups in total. The smallest absolute Gasteiger partial charge is 0.330 e. The fourth-order valence-electron chi connectivity index (χ4n) is 11.2. The fraction of sp³-hybridized carbons (Fsp3) is 0.191. The van der Waals surface area contributed by atoms with Crippen molar-refractivity contribution < 1.29 is 19.5 Å². The molecule has 0 aliphatic carbocycles. The minimum atomic E-state index is -1.55. The summed E-state index contributed by atoms with van der Waals surface area (Å²) in [4.78, 5) is 76.5. The van der Waals surface area contributed by atoms with E-state index < -0.39 is 18.4 Å². The number of hydrogen-bond acceptors (Lipinski definition) is 16. The molecular formula is C68H66N18O4. The van der Waals surface area contributed by atoms with Crippen molar-refractivity contribution >= 4 is 97.3 Å². The minimum absolute atomic E-state index is 0.0294. The Labute approximate surface area is 520 Å². The number of nitrogens with one attached hydrogen (secondary N) is 3. The Kier molecular flexibility index (Phi) is 16.9. The van der Waals surface area contributed by atoms with E-state index >= 15 is 9.59 Å². The lowest BCUT2D eigenvalue weighted by Gasteiger charge is -2.48. The number of carbonyl (C=O) groups is 3. The zero-order valence-electron chi connectivity index (χ0n) is 50.5. The average molecular weight is 1200 g/mol. The van der Waals surface area contributed by atoms with Crippen molar-refractivity contribution in [3.63, 3.8) is 0 Å². The molecule has 4 amide bonds. The van der Waals surface area contributed by atoms with Gasteiger partial charge in [0.1, 0.15) is 23.7 Å². The number of nitrogens with zero attached hydrogens (tertiary/aromatic N) is 15. The van der Waals surface area contributed by atoms with Gasteiger partial charge in [-0.2, -0.15) is 20.3 Å². The molecule has 10 aromatic rings. The molecule has 6 aromatic carbocycles. The second kappa shape index (κ2) is 25.7. The first-order valence-electron chi connectivity index (χ1n) is 29.2. The molecule has 0 spiro atoms. The van der Waals surface area contributed by atoms with E-state index in [1.807, 2.05) is 172 Å². The molecule has 2 unspecified atom stereocenters. The molecule has 2 aliphatic heterocycles. The maximum Gasteiger partial charge on any atom is 0.330 e. The van der Waals surface area contributed by atoms with E-state index in [2.05, 4.69) is 27.1 Å². The van der Waals surface area contributed by atoms with Gasteiger partial charge < -0.3 is 40.3 Å². The van der Waals surface area contributed by atoms with Gasteiger partial charge in [-0.1, -0.05) is 84.9 Å². The van der Waals surface area contributed by atoms with Crippen molar-refractivity contribution in [3.8, 4) is 6.07 Å². The molecule has 6 heterocycles. The number of aryl methyl sites for hydroxylation is 2. The number of carbonyl (C=O) groups excluding carboxylic acids is 3. The van der Waals surface area contributed by atoms with Crippen molar-refractivity contribution in [2.24, 2.45) is 14.1 Å². The summed E-state index contributed by atoms with van der Waals surface area (Å²) < 4.78 is 3.62. The first-order chi connectivity index (χ1) is 43.7. The third-order valence-electron chi connectivity index (χ3n) is 15.6. The van der Waals surface area contributed by atoms with Crippen LogP contribution in [0.1, 0.15) is 34.1 Å². The van der Waals surface area contributed by atoms with Crippen molar-refractivity contribution in [1.82, 2.24) is 53.9 Å². The van der Waals surface area contributed by atoms with Crippen LogP contribution in [-0.4, -0.2) is 124 Å². The largest absolute Gasteiger partial charge is 0.360 e. The van der Waals surface area contributed by atoms with Crippen molar-refractivity contribution in [3.05, 3.63) is 223 Å². The topological polar surface area (TPSA) is 228 Å². The summed E-state index contributed by atoms with van der Waals surface area (Å²) in [5.41, 5.74) is 8.25. The van der Waals surface area contributed by atoms with Crippen LogP contribution in [0.3, 0.4) is 0 Å². The molecule has 0 saturated heterocycles. The van der Waals surface area contributed by atoms with Gasteiger partial charge >= 0.3 is 6.03 Å². The van der Waals surface area contributed by atoms with Gasteiger partial charge in [0.15, 0.2) is 12.2 Å². The van der Waals surface area contributed by atoms with E-state index in [-0.39, 0.29) is 43.5 Å². The van der Waals surface area contributed by atoms with Crippen LogP contribution in [0.5, 0.6) is 0 Å². The third kappa shape index (κ3) is 12.6. The van der Waals surface area contributed by atoms with Crippen LogP contribution in [-0.2, 0) is 43.3 Å². The Morgan fingerprint density at radius 3 is 2.09 bits per heavy atom. The van der Waals surface area contributed by atoms with Gasteiger partial charge in [-0.3, -0.25) is 24.1 Å². The maximum absolute atomic E-state index is 15.7. The number of nitriles is 1. The molecule has 22 nitrogen and oxygen atoms in total. The zero-order chi connectivity index (χ0) is 62.6. The molecule has 22 heteroatoms. The summed E-state index contributed by atoms with van der Waals surface area (Å²) in [7, 11) is 11.4. The number of rotatable bonds is 19. The van der Waals surface area contributed by atoms with Crippen molar-refractivity contribution in [2.45, 2.75) is 32.2 Å². The highest BCUT2D eigenvalue weighted by atomic mass is 16.3. The molecule has 2 atom stereocenters. The Hall–Kier alpha value is -11.1. The predicted octanol–water partition coefficient (Wildman–Crippen LogP) is 10.4. The molecular weight excluding hydrogens is 1130 g/mol. The minimum Gasteiger partial charge on any atom is -0.360 e. The lowest BCUT2D eigenvalue weighted by atomic mass is 10.1. The van der Waals surface area contributed by atoms with E-state index in [1.54, 1.807) is 96.3 Å². The second-order valence-corrected chi connectivity index (χ2v) is 22.6. The summed E-state index contributed by atoms with van der Waals surface area (Å²) in [6.45, 7) is 1.53. The lowest BCUT2D eigenvalue weighted by Crippen LogP contribution is -2.56. The summed E-state index contributed by atoms with van der Waals surface area (Å²) in [5, 5.41) is 39.2. The molecule has 90 heavy (non-hydrogen) atoms. The van der Waals surface area contributed by atoms with E-state index in [9.17, 15) is 15.2 Å². The van der Waals surface area contributed by atoms with E-state index in [0.29, 0.717) is 81.2 Å². The standard InChI is InChI=1S/C68H66N18O4/c1-78(2)31-15-25-60(87)73-51-21-13-22-54(35-51)86-63-50(40-71-66(77-63)75-53-28-27-47-41-72-81(6)59(47)36-53)44-83(68(86)90)64(46-19-11-8-12-20-46)84(61(88)26-16-32-79(3)4)55-23-14-24-56(37-55)85-62-49(43-82(67(85)89)42-45-17-9-7-10-18-45)39-70-65(76-62)74-52-29-30-58-48(33-52)34-57(38-69)80(58)5/h7-30,33-37,39-41,64,68,90H,31-32,42-44H2,1-6H3,(H,73,87)(H,70,74,76)(H,71,75,77)/b25-15+,26-16+. The normalized spacial score (nSPS) is 14.6. The molecule has 0 fully saturated rings. The quantitative estimate of drug-likeness (QED) is 0.0552. The Morgan fingerprint density at radius 2 is 1.36 bits per heavy atom. The van der Waals surface area contributed by atoms with Gasteiger partial charge in [-0.15, -0.1) is 0 Å². The van der Waals surface area contributed by atoms with Crippen LogP contribution in [0.25, 0.3) is 21.8 Å². The molecule has 0 radical (unpaired) electrons. The highest BCUT2D eigenvalue weighted by molar-refractivity contribution is 6.05. The van der Waals surface area contributed by atoms with Gasteiger partial charge in [-0.25, -0.2) is 24.6 Å². The number of amides is 4. The number of hydrogen-bond donors (Lipinski definition) is 4. The maximum atomic E-state index is 15.7. The Morgan fingerprint density at radius 1 is 0.689 bits per heavy atom. The zero-order valence-corrected chi connectivity index (χ0v) is 50.5. The van der Waals surface area contributed by atoms with Crippen LogP contribution >= 0.6 is 0 Å². The number of anilines is 10. The Balaban J connectivity index is 0.973. The first kappa shape index (κ1) is 59.3. The van der Waals surface area contributed by atoms with Gasteiger partial charge in [0.25, 0.3) is 5.91 Å². The summed E-state index contributed by atoms with van der Waals surface area (Å²) in [6, 6.07) is 48.8. The molecule has 2 aliphatic rings. The number of fused-ring (bicyclic) bond motifs is 4. The number of benzene rings is 6. The third-order valence-corrected chi connectivity index (χ3v) is 15.6. The van der Waals surface area contributed by atoms with Gasteiger partial charge in [0, 0.05) is 121 Å². The fourth-order valence-corrected chi connectivity index (χ4v) is 11.2. The van der Waals surface area contributed by atoms with Crippen LogP contribution in [0.15, 0.2) is 195 Å². The van der Waals surface area contributed by atoms with Crippen LogP contribution < -0.4 is 30.7 Å². The van der Waals surface area contributed by atoms with Crippen LogP contribution in [0.2, 0.25) is 0 Å². The number of likely N-dealkylation sites (N-methyl/N-ethyl adjacent to an activating group) is 2. The highest BCUT2D eigenvalue weighted by Crippen LogP contribution is 2.44. The first-order valence-corrected chi connectivity index (χ1v) is 29.2. The number of aromatic nitrogens is 7. The van der Waals surface area contributed by atoms with Crippen LogP contribution in [0.4, 0.5) is 62.5 Å². The average Bonchev–Trinajstić information content (AvgIpc) is 1.08. The van der Waals surface area contributed by atoms with Gasteiger partial charge in [0.05, 0.1) is 23.9 Å². The summed E-state index contributed by atoms with van der Waals surface area (Å²) >= 11 is 0. The lowest BCUT2D eigenvalue weighted by molar-refractivity contribution is -0.117. The molecule has 0 saturated carbocycles. The Bertz CT molecular complexity index is 4420. The highest BCUT2D eigenvalue weighted by Gasteiger charge is 2.43. The van der Waals surface area contributed by atoms with Crippen molar-refractivity contribution in [2.75, 3.05) is 71.9 Å². The van der Waals surface area contributed by atoms with E-state index in [1.165, 1.54) is 12.2 Å². The number of aliphatic hydroxyl groups excluding tert-OH is 1. The molecule has 12 rings (SSSR count). The number of urea groups is 1. The van der Waals surface area contributed by atoms with Gasteiger partial charge in [-0.05, 0) is 118 Å². The van der Waals surface area contributed by atoms with Crippen molar-refractivity contribution in [1.29, 1.82) is 5.26 Å². The number of aliphatic hydroxyl groups is 1. The summed E-state index contributed by atoms with van der Waals surface area (Å²) in [5.74, 6) is 0.429. The molecule has 452 valence electrons. The van der Waals surface area contributed by atoms with E-state index in [0.717, 1.165) is 27.4 Å². The second-order valence-electron chi connectivity index (χ2n) is 22.6. The van der Waals surface area contributed by atoms with Crippen LogP contribution in [0, 0.1) is 11.3 Å². The SMILES string of the molecule is CN(C)C/C=C/C(=O)Nc1cccc(N2c3nc(Nc4ccc5cnn(C)c5c4)ncc3CN(C(c3ccccc3)N(C(=O)/C=C/CN(C)C)c3cccc(N4C(=O)N(Cc5ccccc5)Cc5cnc(Nc6ccc7c(c6)cc(C#N)n7C)nc54)c3)C2O)c1. The predicted molar refractivity (Wildman–Crippen MR) is 349 cm³/mol. The summed E-state index contributed by atoms with van der Waals surface area (Å²) in [6.07, 6.45) is 9.17. The molecule has 4 aromatic heterocycles.